The highest BCUT2D eigenvalue weighted by atomic mass is 19.1. The van der Waals surface area contributed by atoms with Crippen molar-refractivity contribution in [1.29, 1.82) is 0 Å². The highest BCUT2D eigenvalue weighted by Gasteiger charge is 2.08. The maximum absolute atomic E-state index is 13.1. The topological polar surface area (TPSA) is 66.8 Å². The van der Waals surface area contributed by atoms with Gasteiger partial charge < -0.3 is 14.9 Å². The molecular formula is C13H17FO4. The molecule has 0 aromatic heterocycles. The van der Waals surface area contributed by atoms with Gasteiger partial charge in [0.05, 0.1) is 19.1 Å². The van der Waals surface area contributed by atoms with Crippen LogP contribution < -0.4 is 4.74 Å². The third-order valence-corrected chi connectivity index (χ3v) is 2.44. The summed E-state index contributed by atoms with van der Waals surface area (Å²) in [5, 5.41) is 17.7. The number of halogens is 1. The highest BCUT2D eigenvalue weighted by Crippen LogP contribution is 2.16. The van der Waals surface area contributed by atoms with Gasteiger partial charge in [-0.05, 0) is 31.4 Å². The van der Waals surface area contributed by atoms with Crippen LogP contribution in [-0.4, -0.2) is 28.9 Å². The predicted molar refractivity (Wildman–Crippen MR) is 64.0 cm³/mol. The minimum atomic E-state index is -1.01. The number of aliphatic hydroxyl groups is 1. The fourth-order valence-electron chi connectivity index (χ4n) is 1.53. The summed E-state index contributed by atoms with van der Waals surface area (Å²) in [5.41, 5.74) is 0. The van der Waals surface area contributed by atoms with Gasteiger partial charge in [0.15, 0.2) is 11.6 Å². The second kappa shape index (κ2) is 7.66. The molecule has 0 bridgehead atoms. The normalized spacial score (nSPS) is 12.1. The zero-order valence-corrected chi connectivity index (χ0v) is 10.0. The van der Waals surface area contributed by atoms with Crippen LogP contribution in [0.25, 0.3) is 0 Å². The molecule has 1 atom stereocenters. The van der Waals surface area contributed by atoms with E-state index in [4.69, 9.17) is 9.84 Å². The Morgan fingerprint density at radius 3 is 2.72 bits per heavy atom. The number of carboxylic acids is 1. The Kier molecular flexibility index (Phi) is 6.14. The maximum atomic E-state index is 13.1. The second-order valence-electron chi connectivity index (χ2n) is 4.03. The smallest absolute Gasteiger partial charge is 0.305 e. The number of rotatable bonds is 8. The summed E-state index contributed by atoms with van der Waals surface area (Å²) >= 11 is 0. The molecule has 18 heavy (non-hydrogen) atoms. The summed E-state index contributed by atoms with van der Waals surface area (Å²) in [6, 6.07) is 6.15. The van der Waals surface area contributed by atoms with Gasteiger partial charge in [-0.3, -0.25) is 4.79 Å². The van der Waals surface area contributed by atoms with E-state index >= 15 is 0 Å². The van der Waals surface area contributed by atoms with Crippen LogP contribution in [0.15, 0.2) is 24.3 Å². The molecule has 1 aromatic carbocycles. The Balaban J connectivity index is 2.12. The molecular weight excluding hydrogens is 239 g/mol. The van der Waals surface area contributed by atoms with Gasteiger partial charge in [-0.2, -0.15) is 0 Å². The van der Waals surface area contributed by atoms with Crippen molar-refractivity contribution in [2.45, 2.75) is 31.8 Å². The molecule has 100 valence electrons. The van der Waals surface area contributed by atoms with Crippen molar-refractivity contribution in [2.24, 2.45) is 0 Å². The van der Waals surface area contributed by atoms with Crippen LogP contribution in [0.5, 0.6) is 5.75 Å². The van der Waals surface area contributed by atoms with Crippen LogP contribution in [0, 0.1) is 5.82 Å². The van der Waals surface area contributed by atoms with Gasteiger partial charge in [0.25, 0.3) is 0 Å². The van der Waals surface area contributed by atoms with Crippen LogP contribution in [0.1, 0.15) is 25.7 Å². The summed E-state index contributed by atoms with van der Waals surface area (Å²) in [7, 11) is 0. The van der Waals surface area contributed by atoms with Crippen molar-refractivity contribution in [1.82, 2.24) is 0 Å². The van der Waals surface area contributed by atoms with Crippen molar-refractivity contribution in [3.8, 4) is 5.75 Å². The van der Waals surface area contributed by atoms with Gasteiger partial charge in [-0.1, -0.05) is 12.1 Å². The maximum Gasteiger partial charge on any atom is 0.305 e. The highest BCUT2D eigenvalue weighted by molar-refractivity contribution is 5.67. The first-order chi connectivity index (χ1) is 8.59. The SMILES string of the molecule is O=C(O)CC(O)CCCCOc1ccccc1F. The summed E-state index contributed by atoms with van der Waals surface area (Å²) in [6.07, 6.45) is 0.630. The quantitative estimate of drug-likeness (QED) is 0.700. The first-order valence-electron chi connectivity index (χ1n) is 5.87. The lowest BCUT2D eigenvalue weighted by atomic mass is 10.1. The number of benzene rings is 1. The van der Waals surface area contributed by atoms with Gasteiger partial charge in [0.2, 0.25) is 0 Å². The first kappa shape index (κ1) is 14.4. The number of carbonyl (C=O) groups is 1. The fourth-order valence-corrected chi connectivity index (χ4v) is 1.53. The van der Waals surface area contributed by atoms with Crippen LogP contribution >= 0.6 is 0 Å². The number of hydrogen-bond donors (Lipinski definition) is 2. The van der Waals surface area contributed by atoms with Crippen molar-refractivity contribution in [2.75, 3.05) is 6.61 Å². The fraction of sp³-hybridized carbons (Fsp3) is 0.462. The van der Waals surface area contributed by atoms with Crippen molar-refractivity contribution >= 4 is 5.97 Å². The van der Waals surface area contributed by atoms with E-state index in [2.05, 4.69) is 0 Å². The number of aliphatic hydroxyl groups excluding tert-OH is 1. The molecule has 0 saturated carbocycles. The van der Waals surface area contributed by atoms with Crippen LogP contribution in [0.3, 0.4) is 0 Å². The summed E-state index contributed by atoms with van der Waals surface area (Å²) in [4.78, 5) is 10.3. The predicted octanol–water partition coefficient (Wildman–Crippen LogP) is 2.21. The molecule has 2 N–H and O–H groups in total. The first-order valence-corrected chi connectivity index (χ1v) is 5.87. The minimum Gasteiger partial charge on any atom is -0.491 e. The summed E-state index contributed by atoms with van der Waals surface area (Å²) in [6.45, 7) is 0.348. The molecule has 1 unspecified atom stereocenters. The lowest BCUT2D eigenvalue weighted by Gasteiger charge is -2.09. The third kappa shape index (κ3) is 5.63. The third-order valence-electron chi connectivity index (χ3n) is 2.44. The van der Waals surface area contributed by atoms with E-state index in [-0.39, 0.29) is 12.2 Å². The Morgan fingerprint density at radius 2 is 2.06 bits per heavy atom. The van der Waals surface area contributed by atoms with E-state index in [1.807, 2.05) is 0 Å². The molecule has 0 aliphatic carbocycles. The molecule has 5 heteroatoms. The van der Waals surface area contributed by atoms with E-state index in [0.29, 0.717) is 25.9 Å². The number of ether oxygens (including phenoxy) is 1. The van der Waals surface area contributed by atoms with E-state index in [1.165, 1.54) is 6.07 Å². The average Bonchev–Trinajstić information content (AvgIpc) is 2.30. The number of hydrogen-bond acceptors (Lipinski definition) is 3. The number of para-hydroxylation sites is 1. The van der Waals surface area contributed by atoms with Crippen LogP contribution in [0.2, 0.25) is 0 Å². The number of unbranched alkanes of at least 4 members (excludes halogenated alkanes) is 1. The molecule has 0 amide bonds. The van der Waals surface area contributed by atoms with E-state index in [0.717, 1.165) is 0 Å². The molecule has 0 heterocycles. The van der Waals surface area contributed by atoms with Gasteiger partial charge in [-0.15, -0.1) is 0 Å². The molecule has 0 aliphatic heterocycles. The molecule has 0 fully saturated rings. The van der Waals surface area contributed by atoms with Crippen molar-refractivity contribution in [3.05, 3.63) is 30.1 Å². The summed E-state index contributed by atoms with van der Waals surface area (Å²) in [5.74, 6) is -1.20. The number of carboxylic acid groups (broad SMARTS) is 1. The molecule has 0 radical (unpaired) electrons. The molecule has 0 aliphatic rings. The standard InChI is InChI=1S/C13H17FO4/c14-11-6-1-2-7-12(11)18-8-4-3-5-10(15)9-13(16)17/h1-2,6-7,10,15H,3-5,8-9H2,(H,16,17). The average molecular weight is 256 g/mol. The van der Waals surface area contributed by atoms with E-state index in [9.17, 15) is 14.3 Å². The van der Waals surface area contributed by atoms with Crippen LogP contribution in [-0.2, 0) is 4.79 Å². The molecule has 0 saturated heterocycles. The van der Waals surface area contributed by atoms with E-state index in [1.54, 1.807) is 18.2 Å². The monoisotopic (exact) mass is 256 g/mol. The van der Waals surface area contributed by atoms with Crippen molar-refractivity contribution in [3.63, 3.8) is 0 Å². The Labute approximate surface area is 105 Å². The zero-order valence-electron chi connectivity index (χ0n) is 10.0. The lowest BCUT2D eigenvalue weighted by Crippen LogP contribution is -2.13. The molecule has 0 spiro atoms. The van der Waals surface area contributed by atoms with E-state index < -0.39 is 17.9 Å². The number of aliphatic carboxylic acids is 1. The minimum absolute atomic E-state index is 0.212. The molecule has 4 nitrogen and oxygen atoms in total. The Bertz CT molecular complexity index is 381. The van der Waals surface area contributed by atoms with Crippen LogP contribution in [0.4, 0.5) is 4.39 Å². The van der Waals surface area contributed by atoms with Crippen molar-refractivity contribution < 1.29 is 24.1 Å². The second-order valence-corrected chi connectivity index (χ2v) is 4.03. The Morgan fingerprint density at radius 1 is 1.33 bits per heavy atom. The van der Waals surface area contributed by atoms with Gasteiger partial charge >= 0.3 is 5.97 Å². The zero-order chi connectivity index (χ0) is 13.4. The van der Waals surface area contributed by atoms with Gasteiger partial charge in [-0.25, -0.2) is 4.39 Å². The Hall–Kier alpha value is -1.62. The lowest BCUT2D eigenvalue weighted by molar-refractivity contribution is -0.139. The molecule has 1 aromatic rings. The van der Waals surface area contributed by atoms with Gasteiger partial charge in [0.1, 0.15) is 0 Å². The summed E-state index contributed by atoms with van der Waals surface area (Å²) < 4.78 is 18.4. The molecule has 1 rings (SSSR count). The largest absolute Gasteiger partial charge is 0.491 e. The van der Waals surface area contributed by atoms with Gasteiger partial charge in [0, 0.05) is 0 Å².